The number of fused-ring (bicyclic) bond motifs is 5. The first-order valence-corrected chi connectivity index (χ1v) is 13.2. The predicted molar refractivity (Wildman–Crippen MR) is 122 cm³/mol. The lowest BCUT2D eigenvalue weighted by molar-refractivity contribution is -0.174. The van der Waals surface area contributed by atoms with Crippen molar-refractivity contribution in [2.75, 3.05) is 0 Å². The van der Waals surface area contributed by atoms with Crippen molar-refractivity contribution in [3.63, 3.8) is 0 Å². The van der Waals surface area contributed by atoms with Gasteiger partial charge in [0.15, 0.2) is 0 Å². The Morgan fingerprint density at radius 2 is 1.61 bits per heavy atom. The summed E-state index contributed by atoms with van der Waals surface area (Å²) in [6.07, 6.45) is 11.4. The fourth-order valence-electron chi connectivity index (χ4n) is 9.25. The Morgan fingerprint density at radius 3 is 2.32 bits per heavy atom. The van der Waals surface area contributed by atoms with E-state index in [0.29, 0.717) is 46.3 Å². The number of carbonyl (C=O) groups is 1. The fraction of sp³-hybridized carbons (Fsp3) is 0.963. The van der Waals surface area contributed by atoms with Crippen LogP contribution in [-0.2, 0) is 4.79 Å². The van der Waals surface area contributed by atoms with Gasteiger partial charge in [-0.2, -0.15) is 0 Å². The molecule has 0 saturated heterocycles. The van der Waals surface area contributed by atoms with Crippen molar-refractivity contribution < 1.29 is 20.1 Å². The molecule has 4 fully saturated rings. The molecule has 4 aliphatic carbocycles. The van der Waals surface area contributed by atoms with Gasteiger partial charge in [-0.15, -0.1) is 0 Å². The van der Waals surface area contributed by atoms with Crippen molar-refractivity contribution in [2.24, 2.45) is 52.3 Å². The zero-order chi connectivity index (χ0) is 22.6. The Morgan fingerprint density at radius 1 is 0.935 bits per heavy atom. The SMILES string of the molecule is CC(CCCC(C)[C@H]1CC[C@H]2[C@@H]3[C@H](O)C[C@@H]4C[C@H](O)CC[C@]4(C)[C@H]3CC[C@]12C)C(=O)O. The molecule has 0 radical (unpaired) electrons. The molecular formula is C27H46O4. The Labute approximate surface area is 189 Å². The Bertz CT molecular complexity index is 664. The minimum atomic E-state index is -0.674. The van der Waals surface area contributed by atoms with Crippen molar-refractivity contribution in [3.8, 4) is 0 Å². The Hall–Kier alpha value is -0.610. The van der Waals surface area contributed by atoms with Crippen molar-refractivity contribution in [2.45, 2.75) is 111 Å². The Kier molecular flexibility index (Phi) is 6.55. The molecule has 0 aromatic carbocycles. The average molecular weight is 435 g/mol. The van der Waals surface area contributed by atoms with Crippen LogP contribution in [0.1, 0.15) is 98.3 Å². The van der Waals surface area contributed by atoms with E-state index in [1.165, 1.54) is 25.7 Å². The molecule has 31 heavy (non-hydrogen) atoms. The molecule has 4 nitrogen and oxygen atoms in total. The largest absolute Gasteiger partial charge is 0.481 e. The normalized spacial score (nSPS) is 48.9. The van der Waals surface area contributed by atoms with Crippen molar-refractivity contribution >= 4 is 5.97 Å². The first-order valence-electron chi connectivity index (χ1n) is 13.2. The maximum Gasteiger partial charge on any atom is 0.306 e. The van der Waals surface area contributed by atoms with Crippen LogP contribution in [-0.4, -0.2) is 33.5 Å². The molecule has 4 saturated carbocycles. The zero-order valence-corrected chi connectivity index (χ0v) is 20.2. The monoisotopic (exact) mass is 434 g/mol. The number of rotatable bonds is 6. The maximum atomic E-state index is 11.3. The third kappa shape index (κ3) is 3.98. The molecule has 0 bridgehead atoms. The van der Waals surface area contributed by atoms with Gasteiger partial charge < -0.3 is 15.3 Å². The van der Waals surface area contributed by atoms with E-state index in [9.17, 15) is 15.0 Å². The highest BCUT2D eigenvalue weighted by Crippen LogP contribution is 2.68. The van der Waals surface area contributed by atoms with Crippen LogP contribution in [0, 0.1) is 52.3 Å². The smallest absolute Gasteiger partial charge is 0.306 e. The minimum Gasteiger partial charge on any atom is -0.481 e. The number of hydrogen-bond acceptors (Lipinski definition) is 3. The molecule has 4 rings (SSSR count). The van der Waals surface area contributed by atoms with E-state index < -0.39 is 5.97 Å². The summed E-state index contributed by atoms with van der Waals surface area (Å²) in [6, 6.07) is 0. The third-order valence-corrected chi connectivity index (χ3v) is 11.1. The molecule has 0 aromatic heterocycles. The Balaban J connectivity index is 1.46. The first-order chi connectivity index (χ1) is 14.6. The molecule has 0 aliphatic heterocycles. The summed E-state index contributed by atoms with van der Waals surface area (Å²) >= 11 is 0. The van der Waals surface area contributed by atoms with Crippen molar-refractivity contribution in [3.05, 3.63) is 0 Å². The van der Waals surface area contributed by atoms with E-state index >= 15 is 0 Å². The lowest BCUT2D eigenvalue weighted by Crippen LogP contribution is -2.58. The van der Waals surface area contributed by atoms with Gasteiger partial charge in [0.2, 0.25) is 0 Å². The number of aliphatic hydroxyl groups is 2. The van der Waals surface area contributed by atoms with E-state index in [1.54, 1.807) is 0 Å². The summed E-state index contributed by atoms with van der Waals surface area (Å²) in [5, 5.41) is 30.8. The highest BCUT2D eigenvalue weighted by Gasteiger charge is 2.62. The standard InChI is InChI=1S/C27H46O4/c1-16(6-5-7-17(2)25(30)31)20-8-9-21-24-22(11-13-27(20,21)4)26(3)12-10-19(28)14-18(26)15-23(24)29/h16-24,28-29H,5-15H2,1-4H3,(H,30,31)/t16?,17?,18-,19+,20+,21-,22-,23+,24-,26-,27+/m0/s1. The van der Waals surface area contributed by atoms with E-state index in [-0.39, 0.29) is 18.1 Å². The van der Waals surface area contributed by atoms with Crippen LogP contribution in [0.25, 0.3) is 0 Å². The van der Waals surface area contributed by atoms with E-state index in [4.69, 9.17) is 5.11 Å². The molecular weight excluding hydrogens is 388 g/mol. The zero-order valence-electron chi connectivity index (χ0n) is 20.2. The molecule has 3 N–H and O–H groups in total. The molecule has 0 spiro atoms. The number of aliphatic carboxylic acids is 1. The molecule has 4 heteroatoms. The summed E-state index contributed by atoms with van der Waals surface area (Å²) in [5.41, 5.74) is 0.610. The van der Waals surface area contributed by atoms with Crippen molar-refractivity contribution in [1.29, 1.82) is 0 Å². The van der Waals surface area contributed by atoms with Gasteiger partial charge in [0.05, 0.1) is 18.1 Å². The van der Waals surface area contributed by atoms with Crippen LogP contribution in [0.15, 0.2) is 0 Å². The van der Waals surface area contributed by atoms with Crippen LogP contribution in [0.2, 0.25) is 0 Å². The highest BCUT2D eigenvalue weighted by atomic mass is 16.4. The second kappa shape index (κ2) is 8.63. The van der Waals surface area contributed by atoms with Gasteiger partial charge in [-0.3, -0.25) is 4.79 Å². The maximum absolute atomic E-state index is 11.3. The van der Waals surface area contributed by atoms with E-state index in [2.05, 4.69) is 20.8 Å². The van der Waals surface area contributed by atoms with Crippen LogP contribution in [0.3, 0.4) is 0 Å². The topological polar surface area (TPSA) is 77.8 Å². The fourth-order valence-corrected chi connectivity index (χ4v) is 9.25. The number of aliphatic hydroxyl groups excluding tert-OH is 2. The summed E-state index contributed by atoms with van der Waals surface area (Å²) < 4.78 is 0. The predicted octanol–water partition coefficient (Wildman–Crippen LogP) is 5.50. The van der Waals surface area contributed by atoms with Gasteiger partial charge in [0, 0.05) is 0 Å². The highest BCUT2D eigenvalue weighted by molar-refractivity contribution is 5.69. The van der Waals surface area contributed by atoms with Crippen LogP contribution in [0.4, 0.5) is 0 Å². The van der Waals surface area contributed by atoms with Crippen LogP contribution >= 0.6 is 0 Å². The van der Waals surface area contributed by atoms with Crippen LogP contribution < -0.4 is 0 Å². The van der Waals surface area contributed by atoms with Gasteiger partial charge in [-0.05, 0) is 104 Å². The van der Waals surface area contributed by atoms with Crippen molar-refractivity contribution in [1.82, 2.24) is 0 Å². The quantitative estimate of drug-likeness (QED) is 0.515. The molecule has 2 unspecified atom stereocenters. The first kappa shape index (κ1) is 23.5. The van der Waals surface area contributed by atoms with E-state index in [0.717, 1.165) is 44.9 Å². The van der Waals surface area contributed by atoms with Gasteiger partial charge in [-0.25, -0.2) is 0 Å². The third-order valence-electron chi connectivity index (χ3n) is 11.1. The van der Waals surface area contributed by atoms with Gasteiger partial charge in [0.25, 0.3) is 0 Å². The molecule has 0 heterocycles. The number of carboxylic acids is 1. The van der Waals surface area contributed by atoms with Gasteiger partial charge >= 0.3 is 5.97 Å². The second-order valence-electron chi connectivity index (χ2n) is 12.6. The lowest BCUT2D eigenvalue weighted by atomic mass is 9.43. The lowest BCUT2D eigenvalue weighted by Gasteiger charge is -2.62. The molecule has 4 aliphatic rings. The van der Waals surface area contributed by atoms with Gasteiger partial charge in [-0.1, -0.05) is 40.5 Å². The minimum absolute atomic E-state index is 0.170. The molecule has 0 aromatic rings. The average Bonchev–Trinajstić information content (AvgIpc) is 3.06. The molecule has 0 amide bonds. The van der Waals surface area contributed by atoms with Gasteiger partial charge in [0.1, 0.15) is 0 Å². The molecule has 178 valence electrons. The second-order valence-corrected chi connectivity index (χ2v) is 12.6. The summed E-state index contributed by atoms with van der Waals surface area (Å²) in [6.45, 7) is 9.22. The number of hydrogen-bond donors (Lipinski definition) is 3. The summed E-state index contributed by atoms with van der Waals surface area (Å²) in [5.74, 6) is 2.55. The summed E-state index contributed by atoms with van der Waals surface area (Å²) in [4.78, 5) is 11.1. The van der Waals surface area contributed by atoms with E-state index in [1.807, 2.05) is 6.92 Å². The summed E-state index contributed by atoms with van der Waals surface area (Å²) in [7, 11) is 0. The molecule has 11 atom stereocenters. The number of carboxylic acid groups (broad SMARTS) is 1. The van der Waals surface area contributed by atoms with Crippen LogP contribution in [0.5, 0.6) is 0 Å².